The van der Waals surface area contributed by atoms with Crippen molar-refractivity contribution in [3.63, 3.8) is 0 Å². The van der Waals surface area contributed by atoms with Crippen molar-refractivity contribution in [3.05, 3.63) is 60.6 Å². The zero-order chi connectivity index (χ0) is 17.8. The first kappa shape index (κ1) is 19.8. The molecule has 0 bridgehead atoms. The number of nitriles is 1. The lowest BCUT2D eigenvalue weighted by Gasteiger charge is -2.37. The first-order chi connectivity index (χ1) is 11.6. The van der Waals surface area contributed by atoms with Crippen molar-refractivity contribution < 1.29 is 9.47 Å². The van der Waals surface area contributed by atoms with Gasteiger partial charge in [0.05, 0.1) is 19.3 Å². The average Bonchev–Trinajstić information content (AvgIpc) is 2.59. The molecule has 0 aliphatic carbocycles. The minimum absolute atomic E-state index is 0.556. The largest absolute Gasteiger partial charge is 0.497 e. The summed E-state index contributed by atoms with van der Waals surface area (Å²) in [6.07, 6.45) is 4.25. The maximum atomic E-state index is 8.70. The zero-order valence-corrected chi connectivity index (χ0v) is 15.0. The second-order valence-corrected chi connectivity index (χ2v) is 5.70. The third kappa shape index (κ3) is 4.89. The summed E-state index contributed by atoms with van der Waals surface area (Å²) in [5, 5.41) is 8.70. The molecule has 1 rings (SSSR count). The van der Waals surface area contributed by atoms with E-state index in [9.17, 15) is 0 Å². The molecule has 130 valence electrons. The van der Waals surface area contributed by atoms with Crippen LogP contribution in [0.25, 0.3) is 0 Å². The summed E-state index contributed by atoms with van der Waals surface area (Å²) < 4.78 is 11.6. The van der Waals surface area contributed by atoms with Crippen LogP contribution in [0.15, 0.2) is 55.0 Å². The van der Waals surface area contributed by atoms with Gasteiger partial charge in [0.2, 0.25) is 0 Å². The molecular weight excluding hydrogens is 298 g/mol. The van der Waals surface area contributed by atoms with Crippen LogP contribution in [0.2, 0.25) is 0 Å². The van der Waals surface area contributed by atoms with E-state index in [1.54, 1.807) is 0 Å². The summed E-state index contributed by atoms with van der Waals surface area (Å²) in [5.74, 6) is 1.35. The van der Waals surface area contributed by atoms with Gasteiger partial charge in [-0.25, -0.2) is 0 Å². The number of hydrogen-bond acceptors (Lipinski definition) is 3. The van der Waals surface area contributed by atoms with Crippen molar-refractivity contribution in [2.75, 3.05) is 13.2 Å². The van der Waals surface area contributed by atoms with Gasteiger partial charge in [-0.3, -0.25) is 0 Å². The molecular formula is C21H29NO2. The zero-order valence-electron chi connectivity index (χ0n) is 15.0. The van der Waals surface area contributed by atoms with Gasteiger partial charge in [-0.05, 0) is 32.3 Å². The van der Waals surface area contributed by atoms with Crippen LogP contribution in [0, 0.1) is 11.3 Å². The highest BCUT2D eigenvalue weighted by molar-refractivity contribution is 5.41. The fourth-order valence-corrected chi connectivity index (χ4v) is 2.99. The van der Waals surface area contributed by atoms with Gasteiger partial charge < -0.3 is 9.47 Å². The Morgan fingerprint density at radius 1 is 1.00 bits per heavy atom. The monoisotopic (exact) mass is 327 g/mol. The molecule has 0 saturated carbocycles. The van der Waals surface area contributed by atoms with Gasteiger partial charge in [-0.2, -0.15) is 5.26 Å². The lowest BCUT2D eigenvalue weighted by Crippen LogP contribution is -2.33. The number of rotatable bonds is 12. The van der Waals surface area contributed by atoms with E-state index in [0.29, 0.717) is 31.2 Å². The number of ether oxygens (including phenoxy) is 2. The standard InChI is InChI=1S/C21H29NO2/c1-5-23-18(3)21(19(4)24-6-2,16-12-7-8-13-17-22)20-14-10-9-11-15-20/h9-11,14-15H,3-8,12-13,16H2,1-2H3. The van der Waals surface area contributed by atoms with Crippen molar-refractivity contribution in [2.45, 2.75) is 51.4 Å². The molecule has 0 fully saturated rings. The van der Waals surface area contributed by atoms with E-state index in [4.69, 9.17) is 14.7 Å². The minimum Gasteiger partial charge on any atom is -0.497 e. The van der Waals surface area contributed by atoms with Crippen molar-refractivity contribution in [3.8, 4) is 6.07 Å². The van der Waals surface area contributed by atoms with Crippen LogP contribution in [-0.4, -0.2) is 13.2 Å². The number of unbranched alkanes of at least 4 members (excludes halogenated alkanes) is 3. The fourth-order valence-electron chi connectivity index (χ4n) is 2.99. The first-order valence-electron chi connectivity index (χ1n) is 8.70. The Hall–Kier alpha value is -2.21. The van der Waals surface area contributed by atoms with Gasteiger partial charge in [-0.1, -0.05) is 56.3 Å². The highest BCUT2D eigenvalue weighted by Gasteiger charge is 2.40. The molecule has 24 heavy (non-hydrogen) atoms. The van der Waals surface area contributed by atoms with Gasteiger partial charge in [0, 0.05) is 6.42 Å². The molecule has 3 heteroatoms. The van der Waals surface area contributed by atoms with Crippen molar-refractivity contribution >= 4 is 0 Å². The Labute approximate surface area is 146 Å². The van der Waals surface area contributed by atoms with Gasteiger partial charge in [0.15, 0.2) is 0 Å². The Morgan fingerprint density at radius 3 is 2.08 bits per heavy atom. The molecule has 0 N–H and O–H groups in total. The van der Waals surface area contributed by atoms with Crippen LogP contribution in [0.3, 0.4) is 0 Å². The molecule has 3 nitrogen and oxygen atoms in total. The Bertz CT molecular complexity index is 539. The Balaban J connectivity index is 3.15. The Kier molecular flexibility index (Phi) is 8.71. The average molecular weight is 327 g/mol. The van der Waals surface area contributed by atoms with Crippen LogP contribution < -0.4 is 0 Å². The molecule has 0 spiro atoms. The molecule has 0 aromatic heterocycles. The second kappa shape index (κ2) is 10.5. The van der Waals surface area contributed by atoms with Gasteiger partial charge in [0.25, 0.3) is 0 Å². The lowest BCUT2D eigenvalue weighted by molar-refractivity contribution is 0.125. The molecule has 0 saturated heterocycles. The van der Waals surface area contributed by atoms with E-state index >= 15 is 0 Å². The van der Waals surface area contributed by atoms with Crippen LogP contribution in [-0.2, 0) is 14.9 Å². The van der Waals surface area contributed by atoms with Crippen LogP contribution >= 0.6 is 0 Å². The molecule has 0 amide bonds. The quantitative estimate of drug-likeness (QED) is 0.376. The summed E-state index contributed by atoms with van der Waals surface area (Å²) in [6.45, 7) is 13.4. The van der Waals surface area contributed by atoms with Crippen LogP contribution in [0.4, 0.5) is 0 Å². The highest BCUT2D eigenvalue weighted by Crippen LogP contribution is 2.43. The van der Waals surface area contributed by atoms with Gasteiger partial charge in [-0.15, -0.1) is 0 Å². The number of benzene rings is 1. The van der Waals surface area contributed by atoms with E-state index < -0.39 is 5.41 Å². The summed E-state index contributed by atoms with van der Waals surface area (Å²) >= 11 is 0. The molecule has 0 unspecified atom stereocenters. The normalized spacial score (nSPS) is 10.7. The third-order valence-electron chi connectivity index (χ3n) is 4.20. The van der Waals surface area contributed by atoms with E-state index in [1.165, 1.54) is 0 Å². The third-order valence-corrected chi connectivity index (χ3v) is 4.20. The van der Waals surface area contributed by atoms with E-state index in [-0.39, 0.29) is 0 Å². The predicted molar refractivity (Wildman–Crippen MR) is 98.4 cm³/mol. The molecule has 0 atom stereocenters. The van der Waals surface area contributed by atoms with E-state index in [2.05, 4.69) is 31.4 Å². The van der Waals surface area contributed by atoms with Gasteiger partial charge in [0.1, 0.15) is 16.9 Å². The smallest absolute Gasteiger partial charge is 0.109 e. The molecule has 0 aliphatic rings. The van der Waals surface area contributed by atoms with Gasteiger partial charge >= 0.3 is 0 Å². The summed E-state index contributed by atoms with van der Waals surface area (Å²) in [4.78, 5) is 0. The maximum absolute atomic E-state index is 8.70. The van der Waals surface area contributed by atoms with Crippen molar-refractivity contribution in [1.29, 1.82) is 5.26 Å². The van der Waals surface area contributed by atoms with E-state index in [1.807, 2.05) is 32.0 Å². The molecule has 1 aromatic rings. The molecule has 0 heterocycles. The lowest BCUT2D eigenvalue weighted by atomic mass is 9.73. The highest BCUT2D eigenvalue weighted by atomic mass is 16.5. The fraction of sp³-hybridized carbons (Fsp3) is 0.476. The minimum atomic E-state index is -0.556. The number of hydrogen-bond donors (Lipinski definition) is 0. The molecule has 1 aromatic carbocycles. The summed E-state index contributed by atoms with van der Waals surface area (Å²) in [5.41, 5.74) is 0.530. The van der Waals surface area contributed by atoms with Crippen molar-refractivity contribution in [2.24, 2.45) is 0 Å². The summed E-state index contributed by atoms with van der Waals surface area (Å²) in [7, 11) is 0. The molecule has 0 aliphatic heterocycles. The van der Waals surface area contributed by atoms with Crippen LogP contribution in [0.5, 0.6) is 0 Å². The summed E-state index contributed by atoms with van der Waals surface area (Å²) in [6, 6.07) is 12.4. The Morgan fingerprint density at radius 2 is 1.58 bits per heavy atom. The predicted octanol–water partition coefficient (Wildman–Crippen LogP) is 5.50. The topological polar surface area (TPSA) is 42.2 Å². The molecule has 0 radical (unpaired) electrons. The maximum Gasteiger partial charge on any atom is 0.109 e. The number of nitrogens with zero attached hydrogens (tertiary/aromatic N) is 1. The van der Waals surface area contributed by atoms with Crippen molar-refractivity contribution in [1.82, 2.24) is 0 Å². The first-order valence-corrected chi connectivity index (χ1v) is 8.70. The second-order valence-electron chi connectivity index (χ2n) is 5.70. The van der Waals surface area contributed by atoms with E-state index in [0.717, 1.165) is 31.2 Å². The van der Waals surface area contributed by atoms with Crippen LogP contribution in [0.1, 0.15) is 51.5 Å². The SMILES string of the molecule is C=C(OCC)C(CCCCCC#N)(C(=C)OCC)c1ccccc1.